The number of hydrogen-bond donors (Lipinski definition) is 1. The molecule has 2 bridgehead atoms. The van der Waals surface area contributed by atoms with Crippen molar-refractivity contribution in [3.63, 3.8) is 0 Å². The molecule has 0 aromatic carbocycles. The molecule has 2 unspecified atom stereocenters. The van der Waals surface area contributed by atoms with Gasteiger partial charge in [0.1, 0.15) is 0 Å². The van der Waals surface area contributed by atoms with Crippen LogP contribution in [0.5, 0.6) is 0 Å². The summed E-state index contributed by atoms with van der Waals surface area (Å²) < 4.78 is 0. The third-order valence-corrected chi connectivity index (χ3v) is 6.15. The van der Waals surface area contributed by atoms with E-state index in [2.05, 4.69) is 29.0 Å². The van der Waals surface area contributed by atoms with Gasteiger partial charge in [-0.05, 0) is 31.2 Å². The van der Waals surface area contributed by atoms with Crippen molar-refractivity contribution in [3.8, 4) is 0 Å². The molecule has 3 aliphatic heterocycles. The van der Waals surface area contributed by atoms with Crippen molar-refractivity contribution in [2.24, 2.45) is 11.8 Å². The molecule has 1 aliphatic carbocycles. The van der Waals surface area contributed by atoms with Crippen molar-refractivity contribution in [1.29, 1.82) is 0 Å². The van der Waals surface area contributed by atoms with Crippen LogP contribution in [0.1, 0.15) is 46.0 Å². The van der Waals surface area contributed by atoms with Crippen molar-refractivity contribution in [3.05, 3.63) is 0 Å². The number of rotatable bonds is 5. The van der Waals surface area contributed by atoms with Crippen LogP contribution in [0, 0.1) is 11.8 Å². The van der Waals surface area contributed by atoms with Gasteiger partial charge in [-0.15, -0.1) is 0 Å². The molecular formula is C17H33N3. The lowest BCUT2D eigenvalue weighted by Gasteiger charge is -2.52. The molecule has 0 spiro atoms. The summed E-state index contributed by atoms with van der Waals surface area (Å²) in [5.41, 5.74) is 0. The molecule has 4 fully saturated rings. The number of likely N-dealkylation sites (N-methyl/N-ethyl adjacent to an activating group) is 1. The van der Waals surface area contributed by atoms with Gasteiger partial charge in [-0.3, -0.25) is 9.80 Å². The minimum Gasteiger partial charge on any atom is -0.312 e. The lowest BCUT2D eigenvalue weighted by Crippen LogP contribution is -2.67. The summed E-state index contributed by atoms with van der Waals surface area (Å²) in [4.78, 5) is 5.46. The minimum absolute atomic E-state index is 0.737. The van der Waals surface area contributed by atoms with Gasteiger partial charge >= 0.3 is 0 Å². The molecule has 1 saturated carbocycles. The first-order valence-electron chi connectivity index (χ1n) is 9.01. The van der Waals surface area contributed by atoms with E-state index < -0.39 is 0 Å². The van der Waals surface area contributed by atoms with Crippen molar-refractivity contribution in [1.82, 2.24) is 15.1 Å². The molecular weight excluding hydrogens is 246 g/mol. The fourth-order valence-electron chi connectivity index (χ4n) is 4.81. The van der Waals surface area contributed by atoms with Gasteiger partial charge in [0.25, 0.3) is 0 Å². The van der Waals surface area contributed by atoms with E-state index in [-0.39, 0.29) is 0 Å². The Labute approximate surface area is 125 Å². The van der Waals surface area contributed by atoms with Gasteiger partial charge in [0.15, 0.2) is 0 Å². The Kier molecular flexibility index (Phi) is 5.00. The number of nitrogens with one attached hydrogen (secondary N) is 1. The summed E-state index contributed by atoms with van der Waals surface area (Å²) in [7, 11) is 0. The quantitative estimate of drug-likeness (QED) is 0.832. The average Bonchev–Trinajstić information content (AvgIpc) is 2.54. The summed E-state index contributed by atoms with van der Waals surface area (Å²) in [5.74, 6) is 1.93. The predicted molar refractivity (Wildman–Crippen MR) is 85.0 cm³/mol. The molecule has 0 aromatic rings. The SMILES string of the molecule is CCNC(C1CCC(CC)CC1)C1CN2CCN1CC2. The highest BCUT2D eigenvalue weighted by molar-refractivity contribution is 4.98. The van der Waals surface area contributed by atoms with E-state index in [4.69, 9.17) is 0 Å². The largest absolute Gasteiger partial charge is 0.312 e. The minimum atomic E-state index is 0.737. The number of fused-ring (bicyclic) bond motifs is 3. The maximum atomic E-state index is 3.87. The normalized spacial score (nSPS) is 42.6. The highest BCUT2D eigenvalue weighted by atomic mass is 15.4. The predicted octanol–water partition coefficient (Wildman–Crippen LogP) is 2.18. The Bertz CT molecular complexity index is 291. The molecule has 4 aliphatic rings. The molecule has 0 aromatic heterocycles. The van der Waals surface area contributed by atoms with Crippen molar-refractivity contribution >= 4 is 0 Å². The zero-order valence-electron chi connectivity index (χ0n) is 13.5. The van der Waals surface area contributed by atoms with Crippen molar-refractivity contribution in [2.45, 2.75) is 58.0 Å². The fraction of sp³-hybridized carbons (Fsp3) is 1.00. The number of hydrogen-bond acceptors (Lipinski definition) is 3. The van der Waals surface area contributed by atoms with Crippen LogP contribution in [0.2, 0.25) is 0 Å². The van der Waals surface area contributed by atoms with E-state index >= 15 is 0 Å². The lowest BCUT2D eigenvalue weighted by atomic mass is 9.75. The summed E-state index contributed by atoms with van der Waals surface area (Å²) in [6.45, 7) is 12.3. The monoisotopic (exact) mass is 279 g/mol. The second-order valence-corrected chi connectivity index (χ2v) is 7.18. The second kappa shape index (κ2) is 6.76. The number of nitrogens with zero attached hydrogens (tertiary/aromatic N) is 2. The second-order valence-electron chi connectivity index (χ2n) is 7.18. The first-order chi connectivity index (χ1) is 9.81. The smallest absolute Gasteiger partial charge is 0.0380 e. The lowest BCUT2D eigenvalue weighted by molar-refractivity contribution is -0.0176. The fourth-order valence-corrected chi connectivity index (χ4v) is 4.81. The van der Waals surface area contributed by atoms with E-state index in [1.54, 1.807) is 0 Å². The molecule has 116 valence electrons. The molecule has 20 heavy (non-hydrogen) atoms. The first kappa shape index (κ1) is 14.8. The van der Waals surface area contributed by atoms with Gasteiger partial charge in [0.2, 0.25) is 0 Å². The summed E-state index contributed by atoms with van der Waals surface area (Å²) in [5, 5.41) is 3.87. The van der Waals surface area contributed by atoms with Gasteiger partial charge in [-0.1, -0.05) is 33.1 Å². The van der Waals surface area contributed by atoms with Crippen LogP contribution in [0.3, 0.4) is 0 Å². The zero-order valence-corrected chi connectivity index (χ0v) is 13.5. The van der Waals surface area contributed by atoms with Gasteiger partial charge in [-0.2, -0.15) is 0 Å². The Balaban J connectivity index is 1.63. The van der Waals surface area contributed by atoms with Crippen molar-refractivity contribution in [2.75, 3.05) is 39.3 Å². The summed E-state index contributed by atoms with van der Waals surface area (Å²) >= 11 is 0. The molecule has 3 heteroatoms. The number of piperazine rings is 3. The molecule has 2 atom stereocenters. The Morgan fingerprint density at radius 3 is 2.20 bits per heavy atom. The third kappa shape index (κ3) is 3.05. The molecule has 3 heterocycles. The zero-order chi connectivity index (χ0) is 13.9. The van der Waals surface area contributed by atoms with E-state index in [1.165, 1.54) is 64.8 Å². The van der Waals surface area contributed by atoms with Crippen molar-refractivity contribution < 1.29 is 0 Å². The Morgan fingerprint density at radius 2 is 1.70 bits per heavy atom. The van der Waals surface area contributed by atoms with Crippen LogP contribution in [0.4, 0.5) is 0 Å². The maximum Gasteiger partial charge on any atom is 0.0380 e. The average molecular weight is 279 g/mol. The van der Waals surface area contributed by atoms with Crippen LogP contribution < -0.4 is 5.32 Å². The van der Waals surface area contributed by atoms with Gasteiger partial charge in [-0.25, -0.2) is 0 Å². The molecule has 3 nitrogen and oxygen atoms in total. The topological polar surface area (TPSA) is 18.5 Å². The summed E-state index contributed by atoms with van der Waals surface area (Å²) in [6.07, 6.45) is 7.25. The molecule has 0 radical (unpaired) electrons. The Hall–Kier alpha value is -0.120. The molecule has 1 N–H and O–H groups in total. The van der Waals surface area contributed by atoms with Crippen LogP contribution in [-0.4, -0.2) is 61.2 Å². The Morgan fingerprint density at radius 1 is 1.00 bits per heavy atom. The van der Waals surface area contributed by atoms with Gasteiger partial charge in [0.05, 0.1) is 0 Å². The van der Waals surface area contributed by atoms with E-state index in [0.717, 1.165) is 30.5 Å². The van der Waals surface area contributed by atoms with Gasteiger partial charge < -0.3 is 5.32 Å². The summed E-state index contributed by atoms with van der Waals surface area (Å²) in [6, 6.07) is 1.52. The highest BCUT2D eigenvalue weighted by Crippen LogP contribution is 2.35. The molecule has 4 rings (SSSR count). The maximum absolute atomic E-state index is 3.87. The highest BCUT2D eigenvalue weighted by Gasteiger charge is 2.40. The van der Waals surface area contributed by atoms with Crippen LogP contribution in [0.15, 0.2) is 0 Å². The van der Waals surface area contributed by atoms with Crippen LogP contribution in [-0.2, 0) is 0 Å². The standard InChI is InChI=1S/C17H33N3/c1-3-14-5-7-15(8-6-14)17(18-4-2)16-13-19-9-11-20(16)12-10-19/h14-18H,3-13H2,1-2H3. The van der Waals surface area contributed by atoms with Gasteiger partial charge in [0, 0.05) is 44.8 Å². The van der Waals surface area contributed by atoms with Crippen LogP contribution >= 0.6 is 0 Å². The third-order valence-electron chi connectivity index (χ3n) is 6.15. The van der Waals surface area contributed by atoms with E-state index in [0.29, 0.717) is 0 Å². The first-order valence-corrected chi connectivity index (χ1v) is 9.01. The van der Waals surface area contributed by atoms with Crippen LogP contribution in [0.25, 0.3) is 0 Å². The molecule has 0 amide bonds. The molecule has 3 saturated heterocycles. The van der Waals surface area contributed by atoms with E-state index in [1.807, 2.05) is 0 Å². The van der Waals surface area contributed by atoms with E-state index in [9.17, 15) is 0 Å².